The second-order valence-electron chi connectivity index (χ2n) is 6.71. The average Bonchev–Trinajstić information content (AvgIpc) is 2.64. The molecule has 1 aromatic rings. The van der Waals surface area contributed by atoms with E-state index in [-0.39, 0.29) is 42.1 Å². The van der Waals surface area contributed by atoms with E-state index in [1.165, 1.54) is 36.3 Å². The molecular weight excluding hydrogens is 461 g/mol. The lowest BCUT2D eigenvalue weighted by molar-refractivity contribution is -0.384. The van der Waals surface area contributed by atoms with E-state index < -0.39 is 4.92 Å². The molecular formula is C18H28IN5O3. The SMILES string of the molecule is CN(C)C(=O)CNC(=NCc1ccc([N+](=O)[O-])cc1)NC1CCCCC1.I. The number of likely N-dealkylation sites (N-methyl/N-ethyl adjacent to an activating group) is 1. The molecule has 2 N–H and O–H groups in total. The van der Waals surface area contributed by atoms with Crippen molar-refractivity contribution < 1.29 is 9.72 Å². The van der Waals surface area contributed by atoms with Crippen LogP contribution in [-0.2, 0) is 11.3 Å². The van der Waals surface area contributed by atoms with Crippen LogP contribution in [0.5, 0.6) is 0 Å². The van der Waals surface area contributed by atoms with Crippen LogP contribution in [-0.4, -0.2) is 48.4 Å². The van der Waals surface area contributed by atoms with Crippen LogP contribution in [0.15, 0.2) is 29.3 Å². The predicted octanol–water partition coefficient (Wildman–Crippen LogP) is 2.67. The highest BCUT2D eigenvalue weighted by molar-refractivity contribution is 14.0. The van der Waals surface area contributed by atoms with E-state index >= 15 is 0 Å². The molecule has 0 saturated heterocycles. The summed E-state index contributed by atoms with van der Waals surface area (Å²) in [6.07, 6.45) is 5.85. The molecule has 1 aliphatic rings. The Morgan fingerprint density at radius 1 is 1.22 bits per heavy atom. The molecule has 0 bridgehead atoms. The molecule has 1 aliphatic carbocycles. The zero-order valence-corrected chi connectivity index (χ0v) is 18.1. The number of rotatable bonds is 6. The second kappa shape index (κ2) is 11.7. The first-order valence-electron chi connectivity index (χ1n) is 8.94. The summed E-state index contributed by atoms with van der Waals surface area (Å²) in [7, 11) is 3.43. The first-order chi connectivity index (χ1) is 12.5. The summed E-state index contributed by atoms with van der Waals surface area (Å²) in [6, 6.07) is 6.71. The molecule has 1 fully saturated rings. The zero-order chi connectivity index (χ0) is 18.9. The number of aliphatic imine (C=N–C) groups is 1. The molecule has 27 heavy (non-hydrogen) atoms. The van der Waals surface area contributed by atoms with Crippen molar-refractivity contribution in [1.82, 2.24) is 15.5 Å². The van der Waals surface area contributed by atoms with Crippen LogP contribution in [0.1, 0.15) is 37.7 Å². The Morgan fingerprint density at radius 2 is 1.85 bits per heavy atom. The number of non-ortho nitro benzene ring substituents is 1. The third kappa shape index (κ3) is 8.10. The van der Waals surface area contributed by atoms with Crippen LogP contribution < -0.4 is 10.6 Å². The van der Waals surface area contributed by atoms with Gasteiger partial charge in [0.2, 0.25) is 5.91 Å². The minimum Gasteiger partial charge on any atom is -0.354 e. The van der Waals surface area contributed by atoms with Gasteiger partial charge in [0.05, 0.1) is 18.0 Å². The fraction of sp³-hybridized carbons (Fsp3) is 0.556. The minimum atomic E-state index is -0.419. The maximum absolute atomic E-state index is 11.8. The lowest BCUT2D eigenvalue weighted by Gasteiger charge is -2.25. The average molecular weight is 489 g/mol. The molecule has 0 unspecified atom stereocenters. The van der Waals surface area contributed by atoms with Gasteiger partial charge in [-0.1, -0.05) is 31.4 Å². The van der Waals surface area contributed by atoms with Crippen LogP contribution >= 0.6 is 24.0 Å². The normalized spacial score (nSPS) is 14.8. The lowest BCUT2D eigenvalue weighted by atomic mass is 9.96. The Labute approximate surface area is 177 Å². The maximum atomic E-state index is 11.8. The van der Waals surface area contributed by atoms with Gasteiger partial charge in [0.1, 0.15) is 0 Å². The van der Waals surface area contributed by atoms with Gasteiger partial charge in [-0.2, -0.15) is 0 Å². The van der Waals surface area contributed by atoms with Crippen molar-refractivity contribution >= 4 is 41.5 Å². The number of hydrogen-bond donors (Lipinski definition) is 2. The van der Waals surface area contributed by atoms with Crippen LogP contribution in [0.3, 0.4) is 0 Å². The topological polar surface area (TPSA) is 99.9 Å². The highest BCUT2D eigenvalue weighted by Gasteiger charge is 2.15. The second-order valence-corrected chi connectivity index (χ2v) is 6.71. The van der Waals surface area contributed by atoms with E-state index in [0.717, 1.165) is 18.4 Å². The van der Waals surface area contributed by atoms with Crippen molar-refractivity contribution in [1.29, 1.82) is 0 Å². The monoisotopic (exact) mass is 489 g/mol. The number of amides is 1. The van der Waals surface area contributed by atoms with Gasteiger partial charge in [-0.3, -0.25) is 14.9 Å². The molecule has 2 rings (SSSR count). The standard InChI is InChI=1S/C18H27N5O3.HI/c1-22(2)17(24)13-20-18(21-15-6-4-3-5-7-15)19-12-14-8-10-16(11-9-14)23(25)26;/h8-11,15H,3-7,12-13H2,1-2H3,(H2,19,20,21);1H. The third-order valence-electron chi connectivity index (χ3n) is 4.42. The predicted molar refractivity (Wildman–Crippen MR) is 116 cm³/mol. The Kier molecular flexibility index (Phi) is 10.0. The van der Waals surface area contributed by atoms with Gasteiger partial charge in [0.15, 0.2) is 5.96 Å². The molecule has 1 aromatic carbocycles. The maximum Gasteiger partial charge on any atom is 0.269 e. The van der Waals surface area contributed by atoms with Crippen molar-refractivity contribution in [3.8, 4) is 0 Å². The van der Waals surface area contributed by atoms with E-state index in [1.807, 2.05) is 0 Å². The van der Waals surface area contributed by atoms with Gasteiger partial charge >= 0.3 is 0 Å². The number of nitrogens with one attached hydrogen (secondary N) is 2. The zero-order valence-electron chi connectivity index (χ0n) is 15.8. The molecule has 8 nitrogen and oxygen atoms in total. The first-order valence-corrected chi connectivity index (χ1v) is 8.94. The Morgan fingerprint density at radius 3 is 2.41 bits per heavy atom. The number of benzene rings is 1. The number of nitrogens with zero attached hydrogens (tertiary/aromatic N) is 3. The van der Waals surface area contributed by atoms with Crippen molar-refractivity contribution in [2.75, 3.05) is 20.6 Å². The van der Waals surface area contributed by atoms with E-state index in [2.05, 4.69) is 15.6 Å². The molecule has 150 valence electrons. The van der Waals surface area contributed by atoms with Gasteiger partial charge in [-0.25, -0.2) is 4.99 Å². The fourth-order valence-corrected chi connectivity index (χ4v) is 2.80. The van der Waals surface area contributed by atoms with Crippen molar-refractivity contribution in [2.24, 2.45) is 4.99 Å². The largest absolute Gasteiger partial charge is 0.354 e. The summed E-state index contributed by atoms with van der Waals surface area (Å²) >= 11 is 0. The van der Waals surface area contributed by atoms with Gasteiger partial charge in [0, 0.05) is 32.3 Å². The van der Waals surface area contributed by atoms with Gasteiger partial charge < -0.3 is 15.5 Å². The fourth-order valence-electron chi connectivity index (χ4n) is 2.80. The molecule has 9 heteroatoms. The first kappa shape index (κ1) is 23.1. The number of nitro groups is 1. The number of carbonyl (C=O) groups excluding carboxylic acids is 1. The Balaban J connectivity index is 0.00000364. The lowest BCUT2D eigenvalue weighted by Crippen LogP contribution is -2.47. The van der Waals surface area contributed by atoms with Gasteiger partial charge in [0.25, 0.3) is 5.69 Å². The van der Waals surface area contributed by atoms with Gasteiger partial charge in [-0.05, 0) is 18.4 Å². The van der Waals surface area contributed by atoms with Crippen LogP contribution in [0, 0.1) is 10.1 Å². The summed E-state index contributed by atoms with van der Waals surface area (Å²) in [5.41, 5.74) is 0.937. The molecule has 0 heterocycles. The molecule has 1 amide bonds. The minimum absolute atomic E-state index is 0. The van der Waals surface area contributed by atoms with Crippen LogP contribution in [0.25, 0.3) is 0 Å². The molecule has 0 aliphatic heterocycles. The number of nitro benzene ring substituents is 1. The number of guanidine groups is 1. The van der Waals surface area contributed by atoms with Crippen LogP contribution in [0.2, 0.25) is 0 Å². The summed E-state index contributed by atoms with van der Waals surface area (Å²) in [5, 5.41) is 17.2. The summed E-state index contributed by atoms with van der Waals surface area (Å²) in [6.45, 7) is 0.558. The smallest absolute Gasteiger partial charge is 0.269 e. The Hall–Kier alpha value is -1.91. The molecule has 0 spiro atoms. The molecule has 0 aromatic heterocycles. The van der Waals surface area contributed by atoms with E-state index in [1.54, 1.807) is 26.2 Å². The third-order valence-corrected chi connectivity index (χ3v) is 4.42. The van der Waals surface area contributed by atoms with Crippen LogP contribution in [0.4, 0.5) is 5.69 Å². The molecule has 0 radical (unpaired) electrons. The summed E-state index contributed by atoms with van der Waals surface area (Å²) in [5.74, 6) is 0.573. The van der Waals surface area contributed by atoms with E-state index in [4.69, 9.17) is 0 Å². The molecule has 0 atom stereocenters. The van der Waals surface area contributed by atoms with E-state index in [9.17, 15) is 14.9 Å². The van der Waals surface area contributed by atoms with E-state index in [0.29, 0.717) is 18.5 Å². The van der Waals surface area contributed by atoms with Crippen molar-refractivity contribution in [3.63, 3.8) is 0 Å². The number of halogens is 1. The molecule has 1 saturated carbocycles. The number of carbonyl (C=O) groups is 1. The summed E-state index contributed by atoms with van der Waals surface area (Å²) in [4.78, 5) is 28.2. The number of hydrogen-bond acceptors (Lipinski definition) is 4. The van der Waals surface area contributed by atoms with Gasteiger partial charge in [-0.15, -0.1) is 24.0 Å². The highest BCUT2D eigenvalue weighted by Crippen LogP contribution is 2.17. The highest BCUT2D eigenvalue weighted by atomic mass is 127. The Bertz CT molecular complexity index is 643. The summed E-state index contributed by atoms with van der Waals surface area (Å²) < 4.78 is 0. The van der Waals surface area contributed by atoms with Crippen molar-refractivity contribution in [2.45, 2.75) is 44.7 Å². The quantitative estimate of drug-likeness (QED) is 0.211. The van der Waals surface area contributed by atoms with Crippen molar-refractivity contribution in [3.05, 3.63) is 39.9 Å².